The standard InChI is InChI=1S/HO3SSe.Sb.2H/c1-4(2,3)5;;;/h(H,1,2,3);;;. The van der Waals surface area contributed by atoms with Crippen molar-refractivity contribution in [3.8, 4) is 0 Å². The van der Waals surface area contributed by atoms with Crippen LogP contribution in [0, 0.1) is 0 Å². The quantitative estimate of drug-likeness (QED) is 0.415. The zero-order chi connectivity index (χ0) is 4.50. The molecule has 0 aromatic heterocycles. The predicted octanol–water partition coefficient (Wildman–Crippen LogP) is -1.96. The molecule has 3 nitrogen and oxygen atoms in total. The number of rotatable bonds is 0. The summed E-state index contributed by atoms with van der Waals surface area (Å²) in [6, 6.07) is 0. The van der Waals surface area contributed by atoms with E-state index in [1.807, 2.05) is 0 Å². The van der Waals surface area contributed by atoms with Gasteiger partial charge in [-0.05, 0) is 0 Å². The molecule has 0 aromatic carbocycles. The Kier molecular flexibility index (Phi) is 5.61. The molecular formula is H3O3SSbSe. The normalized spacial score (nSPS) is 9.67. The van der Waals surface area contributed by atoms with Gasteiger partial charge in [-0.25, -0.2) is 0 Å². The van der Waals surface area contributed by atoms with Crippen molar-refractivity contribution in [2.45, 2.75) is 0 Å². The first-order valence-corrected chi connectivity index (χ1v) is 4.15. The molecule has 0 atom stereocenters. The fourth-order valence-corrected chi connectivity index (χ4v) is 0. The van der Waals surface area contributed by atoms with Gasteiger partial charge in [-0.3, -0.25) is 0 Å². The van der Waals surface area contributed by atoms with Crippen LogP contribution in [0.3, 0.4) is 0 Å². The molecule has 0 spiro atoms. The van der Waals surface area contributed by atoms with E-state index in [0.29, 0.717) is 0 Å². The van der Waals surface area contributed by atoms with Crippen LogP contribution in [-0.4, -0.2) is 52.3 Å². The maximum atomic E-state index is 9.13. The summed E-state index contributed by atoms with van der Waals surface area (Å²) >= 11 is 1.51. The van der Waals surface area contributed by atoms with Crippen LogP contribution in [0.1, 0.15) is 0 Å². The Morgan fingerprint density at radius 2 is 1.50 bits per heavy atom. The van der Waals surface area contributed by atoms with Crippen LogP contribution < -0.4 is 0 Å². The predicted molar refractivity (Wildman–Crippen MR) is 25.8 cm³/mol. The molecule has 0 unspecified atom stereocenters. The van der Waals surface area contributed by atoms with Gasteiger partial charge >= 0.3 is 60.8 Å². The summed E-state index contributed by atoms with van der Waals surface area (Å²) in [5.74, 6) is 0. The van der Waals surface area contributed by atoms with Gasteiger partial charge in [-0.15, -0.1) is 0 Å². The zero-order valence-electron chi connectivity index (χ0n) is 2.66. The van der Waals surface area contributed by atoms with Crippen molar-refractivity contribution in [1.29, 1.82) is 0 Å². The fourth-order valence-electron chi connectivity index (χ4n) is 0. The molecule has 0 aliphatic heterocycles. The van der Waals surface area contributed by atoms with Crippen molar-refractivity contribution in [1.82, 2.24) is 0 Å². The summed E-state index contributed by atoms with van der Waals surface area (Å²) in [5, 5.41) is 0. The Hall–Kier alpha value is 1.25. The van der Waals surface area contributed by atoms with Gasteiger partial charge < -0.3 is 0 Å². The van der Waals surface area contributed by atoms with E-state index >= 15 is 0 Å². The van der Waals surface area contributed by atoms with Crippen molar-refractivity contribution >= 4 is 47.9 Å². The van der Waals surface area contributed by atoms with E-state index < -0.39 is 8.54 Å². The maximum absolute atomic E-state index is 9.13. The van der Waals surface area contributed by atoms with Crippen molar-refractivity contribution in [3.63, 3.8) is 0 Å². The molecule has 0 aliphatic carbocycles. The fraction of sp³-hybridized carbons (Fsp3) is 0. The van der Waals surface area contributed by atoms with Crippen molar-refractivity contribution < 1.29 is 13.0 Å². The Morgan fingerprint density at radius 1 is 1.50 bits per heavy atom. The third-order valence-corrected chi connectivity index (χ3v) is 0. The van der Waals surface area contributed by atoms with E-state index in [9.17, 15) is 0 Å². The molecule has 0 heterocycles. The van der Waals surface area contributed by atoms with Crippen molar-refractivity contribution in [2.24, 2.45) is 0 Å². The second-order valence-corrected chi connectivity index (χ2v) is 3.93. The molecule has 0 rings (SSSR count). The number of hydrogen-bond acceptors (Lipinski definition) is 2. The SMILES string of the molecule is O=S(=O)(O)[Se].[SbH2]. The first-order chi connectivity index (χ1) is 2.00. The summed E-state index contributed by atoms with van der Waals surface area (Å²) in [6.07, 6.45) is 0. The van der Waals surface area contributed by atoms with Gasteiger partial charge in [0, 0.05) is 0 Å². The Labute approximate surface area is 60.6 Å². The topological polar surface area (TPSA) is 54.4 Å². The summed E-state index contributed by atoms with van der Waals surface area (Å²) in [5.41, 5.74) is 0. The van der Waals surface area contributed by atoms with E-state index in [4.69, 9.17) is 13.0 Å². The summed E-state index contributed by atoms with van der Waals surface area (Å²) in [6.45, 7) is 0. The molecule has 6 heteroatoms. The van der Waals surface area contributed by atoms with Crippen LogP contribution in [0.5, 0.6) is 0 Å². The van der Waals surface area contributed by atoms with E-state index in [1.54, 1.807) is 0 Å². The van der Waals surface area contributed by atoms with Gasteiger partial charge in [-0.1, -0.05) is 0 Å². The molecule has 0 bridgehead atoms. The third-order valence-electron chi connectivity index (χ3n) is 0. The van der Waals surface area contributed by atoms with Crippen LogP contribution in [0.25, 0.3) is 0 Å². The van der Waals surface area contributed by atoms with Gasteiger partial charge in [0.1, 0.15) is 0 Å². The molecule has 6 heavy (non-hydrogen) atoms. The minimum atomic E-state index is -3.79. The third kappa shape index (κ3) is 60.8. The molecule has 0 saturated carbocycles. The molecule has 0 saturated heterocycles. The molecule has 1 N–H and O–H groups in total. The van der Waals surface area contributed by atoms with Crippen LogP contribution in [0.4, 0.5) is 0 Å². The van der Waals surface area contributed by atoms with Crippen LogP contribution in [0.15, 0.2) is 0 Å². The second kappa shape index (κ2) is 3.28. The Morgan fingerprint density at radius 3 is 1.50 bits per heavy atom. The molecule has 0 aromatic rings. The molecule has 0 fully saturated rings. The van der Waals surface area contributed by atoms with Crippen molar-refractivity contribution in [3.05, 3.63) is 0 Å². The summed E-state index contributed by atoms with van der Waals surface area (Å²) < 4.78 is 25.7. The Balaban J connectivity index is 0. The van der Waals surface area contributed by atoms with Gasteiger partial charge in [0.15, 0.2) is 0 Å². The summed E-state index contributed by atoms with van der Waals surface area (Å²) in [4.78, 5) is 0. The van der Waals surface area contributed by atoms with E-state index in [0.717, 1.165) is 0 Å². The first-order valence-electron chi connectivity index (χ1n) is 0.683. The summed E-state index contributed by atoms with van der Waals surface area (Å²) in [7, 11) is -3.79. The first kappa shape index (κ1) is 10.3. The molecular weight excluding hydrogens is 281 g/mol. The van der Waals surface area contributed by atoms with Gasteiger partial charge in [0.05, 0.1) is 0 Å². The van der Waals surface area contributed by atoms with Crippen LogP contribution >= 0.6 is 0 Å². The van der Waals surface area contributed by atoms with Gasteiger partial charge in [0.2, 0.25) is 0 Å². The average molecular weight is 284 g/mol. The molecule has 0 aliphatic rings. The van der Waals surface area contributed by atoms with E-state index in [-0.39, 0.29) is 24.4 Å². The molecule has 2 radical (unpaired) electrons. The second-order valence-electron chi connectivity index (χ2n) is 0.428. The average Bonchev–Trinajstić information content (AvgIpc) is 0.722. The van der Waals surface area contributed by atoms with E-state index in [1.165, 1.54) is 14.9 Å². The van der Waals surface area contributed by atoms with E-state index in [2.05, 4.69) is 0 Å². The molecule has 38 valence electrons. The van der Waals surface area contributed by atoms with Crippen molar-refractivity contribution in [2.75, 3.05) is 0 Å². The Bertz CT molecular complexity index is 94.0. The van der Waals surface area contributed by atoms with Crippen LogP contribution in [-0.2, 0) is 8.54 Å². The van der Waals surface area contributed by atoms with Crippen LogP contribution in [0.2, 0.25) is 0 Å². The zero-order valence-corrected chi connectivity index (χ0v) is 8.48. The number of hydrogen-bond donors (Lipinski definition) is 1. The molecule has 0 amide bonds. The van der Waals surface area contributed by atoms with Gasteiger partial charge in [-0.2, -0.15) is 0 Å². The van der Waals surface area contributed by atoms with Gasteiger partial charge in [0.25, 0.3) is 0 Å². The minimum absolute atomic E-state index is 0. The monoisotopic (exact) mass is 284 g/mol.